The maximum atomic E-state index is 3.51. The van der Waals surface area contributed by atoms with Gasteiger partial charge in [0, 0.05) is 4.47 Å². The Kier molecular flexibility index (Phi) is 3.72. The third-order valence-corrected chi connectivity index (χ3v) is 4.64. The van der Waals surface area contributed by atoms with Gasteiger partial charge in [-0.2, -0.15) is 0 Å². The lowest BCUT2D eigenvalue weighted by molar-refractivity contribution is 1.60. The Hall–Kier alpha value is -2.38. The van der Waals surface area contributed by atoms with Gasteiger partial charge >= 0.3 is 0 Å². The first-order valence-corrected chi connectivity index (χ1v) is 8.36. The summed E-state index contributed by atoms with van der Waals surface area (Å²) in [5.41, 5.74) is 4.98. The lowest BCUT2D eigenvalue weighted by Crippen LogP contribution is -1.85. The monoisotopic (exact) mass is 357 g/mol. The van der Waals surface area contributed by atoms with E-state index < -0.39 is 0 Å². The van der Waals surface area contributed by atoms with Crippen LogP contribution in [0.5, 0.6) is 0 Å². The van der Waals surface area contributed by atoms with Crippen molar-refractivity contribution in [3.63, 3.8) is 0 Å². The Morgan fingerprint density at radius 2 is 1.09 bits per heavy atom. The number of fused-ring (bicyclic) bond motifs is 1. The second-order valence-corrected chi connectivity index (χ2v) is 6.42. The number of halogens is 1. The van der Waals surface area contributed by atoms with E-state index in [-0.39, 0.29) is 0 Å². The molecular weight excluding hydrogens is 344 g/mol. The Labute approximate surface area is 144 Å². The molecule has 0 nitrogen and oxygen atoms in total. The molecule has 4 rings (SSSR count). The smallest absolute Gasteiger partial charge is 0.0175 e. The first kappa shape index (κ1) is 14.2. The molecule has 0 N–H and O–H groups in total. The maximum Gasteiger partial charge on any atom is 0.0175 e. The summed E-state index contributed by atoms with van der Waals surface area (Å²) < 4.78 is 1.10. The van der Waals surface area contributed by atoms with E-state index in [0.29, 0.717) is 0 Å². The van der Waals surface area contributed by atoms with Crippen molar-refractivity contribution < 1.29 is 0 Å². The van der Waals surface area contributed by atoms with Gasteiger partial charge in [-0.25, -0.2) is 0 Å². The molecule has 23 heavy (non-hydrogen) atoms. The first-order chi connectivity index (χ1) is 11.3. The Morgan fingerprint density at radius 3 is 1.65 bits per heavy atom. The van der Waals surface area contributed by atoms with Crippen LogP contribution in [0.4, 0.5) is 0 Å². The van der Waals surface area contributed by atoms with Crippen LogP contribution in [0.1, 0.15) is 0 Å². The van der Waals surface area contributed by atoms with Crippen molar-refractivity contribution in [2.45, 2.75) is 0 Å². The number of hydrogen-bond donors (Lipinski definition) is 0. The second kappa shape index (κ2) is 6.02. The summed E-state index contributed by atoms with van der Waals surface area (Å²) in [4.78, 5) is 0. The molecule has 0 saturated heterocycles. The molecule has 0 aromatic heterocycles. The Morgan fingerprint density at radius 1 is 0.565 bits per heavy atom. The van der Waals surface area contributed by atoms with Gasteiger partial charge < -0.3 is 0 Å². The average molecular weight is 358 g/mol. The molecule has 4 aromatic carbocycles. The van der Waals surface area contributed by atoms with Gasteiger partial charge in [0.2, 0.25) is 0 Å². The van der Waals surface area contributed by atoms with Crippen LogP contribution in [0.3, 0.4) is 0 Å². The van der Waals surface area contributed by atoms with E-state index in [0.717, 1.165) is 4.47 Å². The molecule has 0 spiro atoms. The fourth-order valence-corrected chi connectivity index (χ4v) is 3.26. The van der Waals surface area contributed by atoms with Crippen molar-refractivity contribution in [2.75, 3.05) is 0 Å². The van der Waals surface area contributed by atoms with Gasteiger partial charge in [0.05, 0.1) is 0 Å². The van der Waals surface area contributed by atoms with Crippen molar-refractivity contribution in [3.8, 4) is 22.3 Å². The van der Waals surface area contributed by atoms with E-state index in [1.165, 1.54) is 33.0 Å². The summed E-state index contributed by atoms with van der Waals surface area (Å²) in [5.74, 6) is 0. The highest BCUT2D eigenvalue weighted by Gasteiger charge is 2.08. The van der Waals surface area contributed by atoms with E-state index in [1.807, 2.05) is 12.1 Å². The summed E-state index contributed by atoms with van der Waals surface area (Å²) in [6, 6.07) is 32.8. The second-order valence-electron chi connectivity index (χ2n) is 5.50. The van der Waals surface area contributed by atoms with Crippen LogP contribution in [-0.4, -0.2) is 0 Å². The van der Waals surface area contributed by atoms with E-state index in [9.17, 15) is 0 Å². The van der Waals surface area contributed by atoms with Crippen molar-refractivity contribution in [3.05, 3.63) is 95.5 Å². The predicted octanol–water partition coefficient (Wildman–Crippen LogP) is 6.74. The molecule has 0 amide bonds. The molecule has 0 bridgehead atoms. The minimum absolute atomic E-state index is 1.10. The zero-order valence-corrected chi connectivity index (χ0v) is 14.0. The molecule has 0 atom stereocenters. The van der Waals surface area contributed by atoms with Gasteiger partial charge in [0.1, 0.15) is 0 Å². The molecule has 0 heterocycles. The highest BCUT2D eigenvalue weighted by Crippen LogP contribution is 2.35. The molecule has 1 radical (unpaired) electrons. The lowest BCUT2D eigenvalue weighted by Gasteiger charge is -2.12. The van der Waals surface area contributed by atoms with Crippen molar-refractivity contribution in [2.24, 2.45) is 0 Å². The highest BCUT2D eigenvalue weighted by atomic mass is 79.9. The zero-order valence-electron chi connectivity index (χ0n) is 12.5. The van der Waals surface area contributed by atoms with Gasteiger partial charge in [-0.15, -0.1) is 0 Å². The summed E-state index contributed by atoms with van der Waals surface area (Å²) in [6.07, 6.45) is 0. The molecule has 0 saturated carbocycles. The van der Waals surface area contributed by atoms with Crippen molar-refractivity contribution in [1.29, 1.82) is 0 Å². The largest absolute Gasteiger partial charge is 0.0616 e. The van der Waals surface area contributed by atoms with Crippen LogP contribution in [0.2, 0.25) is 0 Å². The average Bonchev–Trinajstić information content (AvgIpc) is 2.62. The van der Waals surface area contributed by atoms with Crippen LogP contribution < -0.4 is 0 Å². The molecule has 1 heteroatoms. The molecule has 0 aliphatic heterocycles. The minimum Gasteiger partial charge on any atom is -0.0616 e. The predicted molar refractivity (Wildman–Crippen MR) is 101 cm³/mol. The van der Waals surface area contributed by atoms with Crippen molar-refractivity contribution >= 4 is 26.7 Å². The fraction of sp³-hybridized carbons (Fsp3) is 0. The molecule has 0 aliphatic rings. The van der Waals surface area contributed by atoms with E-state index in [1.54, 1.807) is 0 Å². The number of benzene rings is 4. The lowest BCUT2D eigenvalue weighted by atomic mass is 9.92. The third-order valence-electron chi connectivity index (χ3n) is 4.11. The van der Waals surface area contributed by atoms with E-state index in [4.69, 9.17) is 0 Å². The molecule has 0 aliphatic carbocycles. The van der Waals surface area contributed by atoms with Gasteiger partial charge in [-0.3, -0.25) is 0 Å². The van der Waals surface area contributed by atoms with Crippen LogP contribution in [0, 0.1) is 6.07 Å². The SMILES string of the molecule is Brc1ccc(-c2ccc(-c3cc[c]cc3)c3ccccc23)cc1. The zero-order chi connectivity index (χ0) is 15.6. The van der Waals surface area contributed by atoms with Crippen LogP contribution >= 0.6 is 15.9 Å². The van der Waals surface area contributed by atoms with Crippen LogP contribution in [-0.2, 0) is 0 Å². The van der Waals surface area contributed by atoms with Gasteiger partial charge in [-0.1, -0.05) is 88.7 Å². The summed E-state index contributed by atoms with van der Waals surface area (Å²) in [5, 5.41) is 2.55. The van der Waals surface area contributed by atoms with Crippen molar-refractivity contribution in [1.82, 2.24) is 0 Å². The quantitative estimate of drug-likeness (QED) is 0.372. The Balaban J connectivity index is 1.97. The van der Waals surface area contributed by atoms with Gasteiger partial charge in [-0.05, 0) is 51.2 Å². The summed E-state index contributed by atoms with van der Waals surface area (Å²) in [6.45, 7) is 0. The van der Waals surface area contributed by atoms with E-state index in [2.05, 4.69) is 94.8 Å². The maximum absolute atomic E-state index is 3.51. The number of hydrogen-bond acceptors (Lipinski definition) is 0. The Bertz CT molecular complexity index is 954. The van der Waals surface area contributed by atoms with Crippen LogP contribution in [0.15, 0.2) is 89.4 Å². The van der Waals surface area contributed by atoms with Gasteiger partial charge in [0.15, 0.2) is 0 Å². The summed E-state index contributed by atoms with van der Waals surface area (Å²) >= 11 is 3.51. The minimum atomic E-state index is 1.10. The molecular formula is C22H14Br. The van der Waals surface area contributed by atoms with Crippen LogP contribution in [0.25, 0.3) is 33.0 Å². The molecule has 4 aromatic rings. The topological polar surface area (TPSA) is 0 Å². The fourth-order valence-electron chi connectivity index (χ4n) is 3.00. The first-order valence-electron chi connectivity index (χ1n) is 7.57. The normalized spacial score (nSPS) is 10.8. The third kappa shape index (κ3) is 2.69. The number of rotatable bonds is 2. The summed E-state index contributed by atoms with van der Waals surface area (Å²) in [7, 11) is 0. The molecule has 109 valence electrons. The highest BCUT2D eigenvalue weighted by molar-refractivity contribution is 9.10. The molecule has 0 fully saturated rings. The standard InChI is InChI=1S/C22H14Br/c23-18-12-10-17(11-13-18)20-15-14-19(16-6-2-1-3-7-16)21-8-4-5-9-22(20)21/h2-15H. The van der Waals surface area contributed by atoms with E-state index >= 15 is 0 Å². The molecule has 0 unspecified atom stereocenters. The van der Waals surface area contributed by atoms with Gasteiger partial charge in [0.25, 0.3) is 0 Å².